The lowest BCUT2D eigenvalue weighted by Gasteiger charge is -1.95. The third-order valence-electron chi connectivity index (χ3n) is 3.63. The van der Waals surface area contributed by atoms with E-state index in [1.165, 1.54) is 0 Å². The fourth-order valence-electron chi connectivity index (χ4n) is 2.43. The fraction of sp³-hybridized carbons (Fsp3) is 0.400. The summed E-state index contributed by atoms with van der Waals surface area (Å²) in [6.07, 6.45) is 19.0. The number of rotatable bonds is 6. The van der Waals surface area contributed by atoms with Crippen molar-refractivity contribution in [2.75, 3.05) is 0 Å². The van der Waals surface area contributed by atoms with Crippen LogP contribution in [-0.4, -0.2) is 13.7 Å². The molecule has 3 rings (SSSR count). The Balaban J connectivity index is 1.51. The van der Waals surface area contributed by atoms with Crippen LogP contribution in [0.15, 0.2) is 56.2 Å². The number of hydrogen-bond acceptors (Lipinski definition) is 0. The average molecular weight is 287 g/mol. The molecule has 0 fully saturated rings. The lowest BCUT2D eigenvalue weighted by molar-refractivity contribution is -0.698. The molecular weight excluding hydrogens is 264 g/mol. The monoisotopic (exact) mass is 287 g/mol. The van der Waals surface area contributed by atoms with Gasteiger partial charge < -0.3 is 0 Å². The van der Waals surface area contributed by atoms with E-state index in [2.05, 4.69) is 83.6 Å². The topological polar surface area (TPSA) is 26.4 Å². The Kier molecular flexibility index (Phi) is 3.85. The largest absolute Gasteiger partial charge is 0.244 e. The van der Waals surface area contributed by atoms with Gasteiger partial charge in [0.05, 0.1) is 14.1 Å². The molecule has 0 aliphatic rings. The minimum atomic E-state index is 0.986. The summed E-state index contributed by atoms with van der Waals surface area (Å²) >= 11 is 0. The molecule has 0 atom stereocenters. The van der Waals surface area contributed by atoms with Crippen LogP contribution in [0.25, 0.3) is 0 Å². The summed E-state index contributed by atoms with van der Waals surface area (Å²) in [6.45, 7) is 3.95. The second-order valence-corrected chi connectivity index (χ2v) is 5.52. The number of nitrogens with zero attached hydrogens (tertiary/aromatic N) is 6. The normalized spacial score (nSPS) is 11.1. The highest BCUT2D eigenvalue weighted by atomic mass is 15.2. The van der Waals surface area contributed by atoms with Crippen molar-refractivity contribution >= 4 is 0 Å². The van der Waals surface area contributed by atoms with Gasteiger partial charge in [-0.2, -0.15) is 0 Å². The van der Waals surface area contributed by atoms with Crippen LogP contribution in [-0.2, 0) is 40.3 Å². The number of aryl methyl sites for hydroxylation is 6. The third kappa shape index (κ3) is 3.59. The first-order valence-electron chi connectivity index (χ1n) is 7.26. The summed E-state index contributed by atoms with van der Waals surface area (Å²) in [6, 6.07) is 0. The first-order valence-corrected chi connectivity index (χ1v) is 7.26. The summed E-state index contributed by atoms with van der Waals surface area (Å²) in [5.41, 5.74) is 0. The smallest absolute Gasteiger partial charge is 0.240 e. The predicted molar refractivity (Wildman–Crippen MR) is 75.8 cm³/mol. The lowest BCUT2D eigenvalue weighted by atomic mass is 10.6. The molecule has 0 saturated carbocycles. The Bertz CT molecular complexity index is 646. The first-order chi connectivity index (χ1) is 10.2. The summed E-state index contributed by atoms with van der Waals surface area (Å²) in [5, 5.41) is 0. The second-order valence-electron chi connectivity index (χ2n) is 5.52. The highest BCUT2D eigenvalue weighted by Gasteiger charge is 2.08. The zero-order valence-corrected chi connectivity index (χ0v) is 12.7. The number of imidazole rings is 3. The molecule has 3 aromatic heterocycles. The van der Waals surface area contributed by atoms with Crippen molar-refractivity contribution in [3.63, 3.8) is 0 Å². The highest BCUT2D eigenvalue weighted by Crippen LogP contribution is 1.91. The molecule has 0 amide bonds. The summed E-state index contributed by atoms with van der Waals surface area (Å²) in [7, 11) is 4.09. The van der Waals surface area contributed by atoms with Gasteiger partial charge in [0.15, 0.2) is 0 Å². The molecule has 0 saturated heterocycles. The quantitative estimate of drug-likeness (QED) is 0.543. The van der Waals surface area contributed by atoms with E-state index in [1.54, 1.807) is 0 Å². The molecule has 6 heteroatoms. The van der Waals surface area contributed by atoms with Gasteiger partial charge in [0.1, 0.15) is 63.4 Å². The van der Waals surface area contributed by atoms with Crippen molar-refractivity contribution in [1.82, 2.24) is 13.7 Å². The summed E-state index contributed by atoms with van der Waals surface area (Å²) in [5.74, 6) is 0. The Labute approximate surface area is 124 Å². The van der Waals surface area contributed by atoms with Crippen molar-refractivity contribution in [3.8, 4) is 0 Å². The predicted octanol–water partition coefficient (Wildman–Crippen LogP) is -0.572. The molecule has 110 valence electrons. The summed E-state index contributed by atoms with van der Waals surface area (Å²) < 4.78 is 13.0. The van der Waals surface area contributed by atoms with Crippen LogP contribution in [0, 0.1) is 0 Å². The zero-order chi connectivity index (χ0) is 14.7. The standard InChI is InChI=1S/C15H23N6/c1-16-3-5-18(13-16)7-9-20-11-12-21(15-20)10-8-19-6-4-17(2)14-19/h3-6,11-15H,7-10H2,1-2H3/q+3. The second kappa shape index (κ2) is 5.95. The van der Waals surface area contributed by atoms with Gasteiger partial charge in [-0.1, -0.05) is 0 Å². The minimum Gasteiger partial charge on any atom is -0.240 e. The van der Waals surface area contributed by atoms with E-state index in [0.717, 1.165) is 26.2 Å². The fourth-order valence-corrected chi connectivity index (χ4v) is 2.43. The molecule has 0 aliphatic carbocycles. The van der Waals surface area contributed by atoms with Crippen LogP contribution in [0.4, 0.5) is 0 Å². The van der Waals surface area contributed by atoms with Crippen molar-refractivity contribution in [2.24, 2.45) is 14.1 Å². The Morgan fingerprint density at radius 2 is 1.19 bits per heavy atom. The first kappa shape index (κ1) is 13.6. The van der Waals surface area contributed by atoms with Crippen LogP contribution in [0.1, 0.15) is 0 Å². The summed E-state index contributed by atoms with van der Waals surface area (Å²) in [4.78, 5) is 0. The van der Waals surface area contributed by atoms with Gasteiger partial charge in [-0.25, -0.2) is 27.4 Å². The molecule has 0 aromatic carbocycles. The van der Waals surface area contributed by atoms with E-state index in [9.17, 15) is 0 Å². The van der Waals surface area contributed by atoms with Gasteiger partial charge in [0.25, 0.3) is 0 Å². The molecule has 3 aromatic rings. The Morgan fingerprint density at radius 3 is 1.76 bits per heavy atom. The number of aromatic nitrogens is 6. The maximum absolute atomic E-state index is 2.23. The van der Waals surface area contributed by atoms with Crippen molar-refractivity contribution in [1.29, 1.82) is 0 Å². The van der Waals surface area contributed by atoms with E-state index in [1.807, 2.05) is 14.1 Å². The van der Waals surface area contributed by atoms with Crippen LogP contribution in [0.5, 0.6) is 0 Å². The van der Waals surface area contributed by atoms with Crippen molar-refractivity contribution in [3.05, 3.63) is 56.2 Å². The van der Waals surface area contributed by atoms with E-state index in [0.29, 0.717) is 0 Å². The van der Waals surface area contributed by atoms with Gasteiger partial charge in [0.2, 0.25) is 19.0 Å². The Hall–Kier alpha value is -2.37. The van der Waals surface area contributed by atoms with E-state index >= 15 is 0 Å². The molecule has 21 heavy (non-hydrogen) atoms. The molecule has 0 bridgehead atoms. The van der Waals surface area contributed by atoms with Crippen LogP contribution in [0.3, 0.4) is 0 Å². The maximum Gasteiger partial charge on any atom is 0.244 e. The average Bonchev–Trinajstić information content (AvgIpc) is 3.16. The third-order valence-corrected chi connectivity index (χ3v) is 3.63. The highest BCUT2D eigenvalue weighted by molar-refractivity contribution is 4.70. The van der Waals surface area contributed by atoms with Crippen molar-refractivity contribution in [2.45, 2.75) is 26.2 Å². The molecule has 3 heterocycles. The number of hydrogen-bond donors (Lipinski definition) is 0. The molecule has 6 nitrogen and oxygen atoms in total. The minimum absolute atomic E-state index is 0.986. The van der Waals surface area contributed by atoms with Gasteiger partial charge in [-0.15, -0.1) is 0 Å². The van der Waals surface area contributed by atoms with Crippen LogP contribution >= 0.6 is 0 Å². The van der Waals surface area contributed by atoms with Gasteiger partial charge >= 0.3 is 0 Å². The lowest BCUT2D eigenvalue weighted by Crippen LogP contribution is -2.34. The molecule has 0 spiro atoms. The van der Waals surface area contributed by atoms with Gasteiger partial charge in [0, 0.05) is 0 Å². The molecular formula is C15H23N6+3. The SMILES string of the molecule is C[n+]1ccn(CCn2cc[n+](CCn3cc[n+](C)c3)c2)c1. The van der Waals surface area contributed by atoms with E-state index in [4.69, 9.17) is 0 Å². The van der Waals surface area contributed by atoms with E-state index in [-0.39, 0.29) is 0 Å². The van der Waals surface area contributed by atoms with Gasteiger partial charge in [-0.05, 0) is 0 Å². The van der Waals surface area contributed by atoms with Crippen LogP contribution < -0.4 is 13.7 Å². The maximum atomic E-state index is 2.23. The molecule has 0 radical (unpaired) electrons. The molecule has 0 N–H and O–H groups in total. The zero-order valence-electron chi connectivity index (χ0n) is 12.7. The Morgan fingerprint density at radius 1 is 0.667 bits per heavy atom. The molecule has 0 unspecified atom stereocenters. The molecule has 0 aliphatic heterocycles. The van der Waals surface area contributed by atoms with Crippen molar-refractivity contribution < 1.29 is 13.7 Å². The van der Waals surface area contributed by atoms with Gasteiger partial charge in [-0.3, -0.25) is 0 Å². The van der Waals surface area contributed by atoms with E-state index < -0.39 is 0 Å². The van der Waals surface area contributed by atoms with Crippen LogP contribution in [0.2, 0.25) is 0 Å².